The molecule has 0 aliphatic carbocycles. The lowest BCUT2D eigenvalue weighted by atomic mass is 10.3. The minimum atomic E-state index is 0.560. The summed E-state index contributed by atoms with van der Waals surface area (Å²) in [6.07, 6.45) is 2.31. The quantitative estimate of drug-likeness (QED) is 0.794. The molecule has 0 unspecified atom stereocenters. The number of nitrogens with zero attached hydrogens (tertiary/aromatic N) is 3. The van der Waals surface area contributed by atoms with Gasteiger partial charge in [0.15, 0.2) is 12.1 Å². The van der Waals surface area contributed by atoms with Crippen LogP contribution in [-0.2, 0) is 0 Å². The maximum Gasteiger partial charge on any atom is 0.153 e. The van der Waals surface area contributed by atoms with Crippen LogP contribution < -0.4 is 0 Å². The summed E-state index contributed by atoms with van der Waals surface area (Å²) in [5, 5.41) is 4.35. The Balaban J connectivity index is 2.50. The highest BCUT2D eigenvalue weighted by atomic mass is 79.9. The molecule has 0 spiro atoms. The number of aromatic nitrogens is 3. The fraction of sp³-hybridized carbons (Fsp3) is 0.182. The molecule has 2 aromatic rings. The van der Waals surface area contributed by atoms with Crippen molar-refractivity contribution in [2.45, 2.75) is 13.8 Å². The Labute approximate surface area is 101 Å². The van der Waals surface area contributed by atoms with Crippen LogP contribution in [0, 0.1) is 13.8 Å². The zero-order valence-electron chi connectivity index (χ0n) is 8.94. The van der Waals surface area contributed by atoms with Crippen molar-refractivity contribution in [2.75, 3.05) is 0 Å². The predicted octanol–water partition coefficient (Wildman–Crippen LogP) is 2.46. The first-order valence-corrected chi connectivity index (χ1v) is 5.56. The molecule has 0 atom stereocenters. The molecule has 2 heterocycles. The van der Waals surface area contributed by atoms with Gasteiger partial charge in [0, 0.05) is 11.8 Å². The van der Waals surface area contributed by atoms with Crippen LogP contribution in [-0.4, -0.2) is 21.1 Å². The number of pyridine rings is 1. The van der Waals surface area contributed by atoms with Crippen LogP contribution in [0.15, 0.2) is 22.8 Å². The molecule has 4 nitrogen and oxygen atoms in total. The van der Waals surface area contributed by atoms with Crippen LogP contribution in [0.1, 0.15) is 21.7 Å². The standard InChI is InChI=1S/C11H10BrN3O/c1-7-11(12)8(2)15(14-7)10-4-3-9(6-16)5-13-10/h3-6H,1-2H3. The van der Waals surface area contributed by atoms with Crippen molar-refractivity contribution in [1.82, 2.24) is 14.8 Å². The van der Waals surface area contributed by atoms with E-state index < -0.39 is 0 Å². The van der Waals surface area contributed by atoms with Crippen molar-refractivity contribution in [3.63, 3.8) is 0 Å². The molecule has 0 aliphatic rings. The van der Waals surface area contributed by atoms with E-state index in [2.05, 4.69) is 26.0 Å². The van der Waals surface area contributed by atoms with Crippen molar-refractivity contribution in [1.29, 1.82) is 0 Å². The van der Waals surface area contributed by atoms with Crippen molar-refractivity contribution in [2.24, 2.45) is 0 Å². The van der Waals surface area contributed by atoms with E-state index in [1.807, 2.05) is 13.8 Å². The number of carbonyl (C=O) groups excluding carboxylic acids is 1. The van der Waals surface area contributed by atoms with E-state index in [1.54, 1.807) is 16.8 Å². The molecule has 0 fully saturated rings. The zero-order chi connectivity index (χ0) is 11.7. The van der Waals surface area contributed by atoms with E-state index in [9.17, 15) is 4.79 Å². The normalized spacial score (nSPS) is 10.4. The lowest BCUT2D eigenvalue weighted by molar-refractivity contribution is 0.112. The van der Waals surface area contributed by atoms with E-state index in [4.69, 9.17) is 0 Å². The van der Waals surface area contributed by atoms with Gasteiger partial charge in [0.1, 0.15) is 0 Å². The highest BCUT2D eigenvalue weighted by Crippen LogP contribution is 2.21. The Morgan fingerprint density at radius 3 is 2.56 bits per heavy atom. The summed E-state index contributed by atoms with van der Waals surface area (Å²) in [6.45, 7) is 3.88. The van der Waals surface area contributed by atoms with Gasteiger partial charge in [-0.2, -0.15) is 5.10 Å². The molecule has 0 bridgehead atoms. The number of rotatable bonds is 2. The van der Waals surface area contributed by atoms with Gasteiger partial charge in [-0.3, -0.25) is 4.79 Å². The fourth-order valence-corrected chi connectivity index (χ4v) is 1.69. The van der Waals surface area contributed by atoms with E-state index in [0.29, 0.717) is 11.4 Å². The number of hydrogen-bond donors (Lipinski definition) is 0. The Morgan fingerprint density at radius 2 is 2.12 bits per heavy atom. The molecule has 16 heavy (non-hydrogen) atoms. The van der Waals surface area contributed by atoms with Crippen LogP contribution in [0.25, 0.3) is 5.82 Å². The van der Waals surface area contributed by atoms with Crippen LogP contribution in [0.4, 0.5) is 0 Å². The highest BCUT2D eigenvalue weighted by Gasteiger charge is 2.10. The summed E-state index contributed by atoms with van der Waals surface area (Å²) in [7, 11) is 0. The Morgan fingerprint density at radius 1 is 1.38 bits per heavy atom. The van der Waals surface area contributed by atoms with Gasteiger partial charge in [-0.25, -0.2) is 9.67 Å². The monoisotopic (exact) mass is 279 g/mol. The third kappa shape index (κ3) is 1.78. The summed E-state index contributed by atoms with van der Waals surface area (Å²) >= 11 is 3.46. The van der Waals surface area contributed by atoms with Crippen LogP contribution in [0.2, 0.25) is 0 Å². The number of aldehydes is 1. The average Bonchev–Trinajstić information content (AvgIpc) is 2.57. The van der Waals surface area contributed by atoms with Crippen molar-refractivity contribution in [3.8, 4) is 5.82 Å². The maximum atomic E-state index is 10.5. The second-order valence-corrected chi connectivity index (χ2v) is 4.26. The van der Waals surface area contributed by atoms with Crippen LogP contribution in [0.3, 0.4) is 0 Å². The van der Waals surface area contributed by atoms with Gasteiger partial charge in [0.05, 0.1) is 15.9 Å². The Hall–Kier alpha value is -1.49. The largest absolute Gasteiger partial charge is 0.298 e. The van der Waals surface area contributed by atoms with Gasteiger partial charge in [0.2, 0.25) is 0 Å². The zero-order valence-corrected chi connectivity index (χ0v) is 10.5. The van der Waals surface area contributed by atoms with Gasteiger partial charge >= 0.3 is 0 Å². The predicted molar refractivity (Wildman–Crippen MR) is 63.9 cm³/mol. The van der Waals surface area contributed by atoms with Crippen LogP contribution in [0.5, 0.6) is 0 Å². The molecule has 0 saturated carbocycles. The van der Waals surface area contributed by atoms with E-state index in [0.717, 1.165) is 22.1 Å². The summed E-state index contributed by atoms with van der Waals surface area (Å²) in [5.74, 6) is 0.705. The lowest BCUT2D eigenvalue weighted by Crippen LogP contribution is -2.02. The smallest absolute Gasteiger partial charge is 0.153 e. The first kappa shape index (κ1) is 11.0. The average molecular weight is 280 g/mol. The third-order valence-corrected chi connectivity index (χ3v) is 3.47. The maximum absolute atomic E-state index is 10.5. The molecule has 0 amide bonds. The van der Waals surface area contributed by atoms with Crippen molar-refractivity contribution >= 4 is 22.2 Å². The van der Waals surface area contributed by atoms with Gasteiger partial charge in [-0.15, -0.1) is 0 Å². The second-order valence-electron chi connectivity index (χ2n) is 3.46. The lowest BCUT2D eigenvalue weighted by Gasteiger charge is -2.02. The van der Waals surface area contributed by atoms with Crippen molar-refractivity contribution < 1.29 is 4.79 Å². The first-order valence-electron chi connectivity index (χ1n) is 4.77. The minimum Gasteiger partial charge on any atom is -0.298 e. The molecule has 0 saturated heterocycles. The number of aryl methyl sites for hydroxylation is 1. The summed E-state index contributed by atoms with van der Waals surface area (Å²) < 4.78 is 2.72. The minimum absolute atomic E-state index is 0.560. The van der Waals surface area contributed by atoms with Gasteiger partial charge in [-0.05, 0) is 41.9 Å². The molecular formula is C11H10BrN3O. The van der Waals surface area contributed by atoms with Gasteiger partial charge < -0.3 is 0 Å². The molecule has 5 heteroatoms. The molecule has 0 radical (unpaired) electrons. The third-order valence-electron chi connectivity index (χ3n) is 2.33. The second kappa shape index (κ2) is 4.17. The molecule has 2 aromatic heterocycles. The molecule has 0 aliphatic heterocycles. The molecule has 82 valence electrons. The summed E-state index contributed by atoms with van der Waals surface area (Å²) in [6, 6.07) is 3.50. The van der Waals surface area contributed by atoms with E-state index in [1.165, 1.54) is 6.20 Å². The molecule has 0 aromatic carbocycles. The Bertz CT molecular complexity index is 531. The van der Waals surface area contributed by atoms with E-state index >= 15 is 0 Å². The molecule has 2 rings (SSSR count). The fourth-order valence-electron chi connectivity index (χ4n) is 1.44. The molecular weight excluding hydrogens is 270 g/mol. The van der Waals surface area contributed by atoms with E-state index in [-0.39, 0.29) is 0 Å². The topological polar surface area (TPSA) is 47.8 Å². The first-order chi connectivity index (χ1) is 7.63. The Kier molecular flexibility index (Phi) is 2.87. The highest BCUT2D eigenvalue weighted by molar-refractivity contribution is 9.10. The number of carbonyl (C=O) groups is 1. The number of halogens is 1. The van der Waals surface area contributed by atoms with Crippen molar-refractivity contribution in [3.05, 3.63) is 39.8 Å². The summed E-state index contributed by atoms with van der Waals surface area (Å²) in [5.41, 5.74) is 2.46. The SMILES string of the molecule is Cc1nn(-c2ccc(C=O)cn2)c(C)c1Br. The van der Waals surface area contributed by atoms with Gasteiger partial charge in [0.25, 0.3) is 0 Å². The number of hydrogen-bond acceptors (Lipinski definition) is 3. The molecule has 0 N–H and O–H groups in total. The van der Waals surface area contributed by atoms with Gasteiger partial charge in [-0.1, -0.05) is 0 Å². The van der Waals surface area contributed by atoms with Crippen LogP contribution >= 0.6 is 15.9 Å². The summed E-state index contributed by atoms with van der Waals surface area (Å²) in [4.78, 5) is 14.7.